The van der Waals surface area contributed by atoms with Crippen molar-refractivity contribution in [2.24, 2.45) is 11.3 Å². The van der Waals surface area contributed by atoms with Crippen molar-refractivity contribution in [3.63, 3.8) is 0 Å². The van der Waals surface area contributed by atoms with Crippen LogP contribution in [0.25, 0.3) is 0 Å². The number of aliphatic hydroxyl groups is 1. The molecule has 2 aliphatic rings. The lowest BCUT2D eigenvalue weighted by Gasteiger charge is -2.40. The lowest BCUT2D eigenvalue weighted by atomic mass is 9.86. The minimum absolute atomic E-state index is 0.0502. The van der Waals surface area contributed by atoms with E-state index in [4.69, 9.17) is 0 Å². The first-order valence-corrected chi connectivity index (χ1v) is 9.03. The van der Waals surface area contributed by atoms with E-state index in [1.54, 1.807) is 0 Å². The Hall–Kier alpha value is -0.610. The van der Waals surface area contributed by atoms with Crippen LogP contribution in [0.15, 0.2) is 0 Å². The minimum atomic E-state index is -1.20. The van der Waals surface area contributed by atoms with Crippen molar-refractivity contribution in [3.05, 3.63) is 0 Å². The number of rotatable bonds is 5. The van der Waals surface area contributed by atoms with Crippen LogP contribution in [0, 0.1) is 11.3 Å². The van der Waals surface area contributed by atoms with E-state index in [-0.39, 0.29) is 11.3 Å². The van der Waals surface area contributed by atoms with Crippen molar-refractivity contribution in [3.8, 4) is 0 Å². The van der Waals surface area contributed by atoms with Gasteiger partial charge in [-0.3, -0.25) is 4.79 Å². The molecule has 1 amide bonds. The minimum Gasteiger partial charge on any atom is -0.379 e. The standard InChI is InChI=1S/C18H34N2O2/c1-17(2,3)13-19-14-18(22)10-7-11-20(16(18)21)12-15-8-5-4-6-9-15/h15,19,22H,4-14H2,1-3H3/t18-/m1/s1. The van der Waals surface area contributed by atoms with Gasteiger partial charge in [-0.1, -0.05) is 40.0 Å². The fraction of sp³-hybridized carbons (Fsp3) is 0.944. The van der Waals surface area contributed by atoms with Crippen molar-refractivity contribution in [2.75, 3.05) is 26.2 Å². The van der Waals surface area contributed by atoms with Crippen LogP contribution in [-0.2, 0) is 4.79 Å². The molecule has 1 aliphatic heterocycles. The Labute approximate surface area is 135 Å². The van der Waals surface area contributed by atoms with Crippen LogP contribution >= 0.6 is 0 Å². The SMILES string of the molecule is CC(C)(C)CNC[C@]1(O)CCCN(CC2CCCCC2)C1=O. The Kier molecular flexibility index (Phi) is 5.89. The van der Waals surface area contributed by atoms with Crippen molar-refractivity contribution in [2.45, 2.75) is 71.3 Å². The second kappa shape index (κ2) is 7.31. The van der Waals surface area contributed by atoms with E-state index < -0.39 is 5.60 Å². The molecule has 1 aliphatic carbocycles. The first kappa shape index (κ1) is 17.7. The van der Waals surface area contributed by atoms with E-state index in [1.807, 2.05) is 4.90 Å². The predicted molar refractivity (Wildman–Crippen MR) is 89.7 cm³/mol. The van der Waals surface area contributed by atoms with Gasteiger partial charge in [-0.2, -0.15) is 0 Å². The highest BCUT2D eigenvalue weighted by atomic mass is 16.3. The van der Waals surface area contributed by atoms with E-state index in [9.17, 15) is 9.90 Å². The molecule has 22 heavy (non-hydrogen) atoms. The topological polar surface area (TPSA) is 52.6 Å². The van der Waals surface area contributed by atoms with Crippen molar-refractivity contribution in [1.82, 2.24) is 10.2 Å². The number of carbonyl (C=O) groups is 1. The van der Waals surface area contributed by atoms with Crippen molar-refractivity contribution in [1.29, 1.82) is 0 Å². The normalized spacial score (nSPS) is 28.2. The molecule has 0 aromatic carbocycles. The fourth-order valence-electron chi connectivity index (χ4n) is 3.73. The number of likely N-dealkylation sites (tertiary alicyclic amines) is 1. The molecule has 0 spiro atoms. The summed E-state index contributed by atoms with van der Waals surface area (Å²) in [6.07, 6.45) is 7.91. The highest BCUT2D eigenvalue weighted by Gasteiger charge is 2.42. The second-order valence-corrected chi connectivity index (χ2v) is 8.55. The average molecular weight is 310 g/mol. The highest BCUT2D eigenvalue weighted by Crippen LogP contribution is 2.28. The van der Waals surface area contributed by atoms with Crippen LogP contribution in [0.5, 0.6) is 0 Å². The number of nitrogens with one attached hydrogen (secondary N) is 1. The molecular formula is C18H34N2O2. The van der Waals surface area contributed by atoms with Gasteiger partial charge in [0.1, 0.15) is 0 Å². The van der Waals surface area contributed by atoms with Crippen LogP contribution in [0.2, 0.25) is 0 Å². The molecular weight excluding hydrogens is 276 g/mol. The van der Waals surface area contributed by atoms with Gasteiger partial charge < -0.3 is 15.3 Å². The largest absolute Gasteiger partial charge is 0.379 e. The molecule has 0 bridgehead atoms. The number of amides is 1. The van der Waals surface area contributed by atoms with Crippen LogP contribution in [-0.4, -0.2) is 47.7 Å². The molecule has 0 aromatic rings. The van der Waals surface area contributed by atoms with Crippen LogP contribution in [0.4, 0.5) is 0 Å². The molecule has 2 fully saturated rings. The molecule has 0 aromatic heterocycles. The van der Waals surface area contributed by atoms with E-state index in [0.717, 1.165) is 26.1 Å². The first-order chi connectivity index (χ1) is 10.3. The Morgan fingerprint density at radius 3 is 2.55 bits per heavy atom. The molecule has 0 radical (unpaired) electrons. The van der Waals surface area contributed by atoms with Crippen LogP contribution < -0.4 is 5.32 Å². The van der Waals surface area contributed by atoms with Gasteiger partial charge in [0.05, 0.1) is 0 Å². The quantitative estimate of drug-likeness (QED) is 0.820. The number of nitrogens with zero attached hydrogens (tertiary/aromatic N) is 1. The first-order valence-electron chi connectivity index (χ1n) is 9.03. The van der Waals surface area contributed by atoms with Gasteiger partial charge in [0.25, 0.3) is 5.91 Å². The van der Waals surface area contributed by atoms with Crippen LogP contribution in [0.3, 0.4) is 0 Å². The Morgan fingerprint density at radius 1 is 1.23 bits per heavy atom. The lowest BCUT2D eigenvalue weighted by Crippen LogP contribution is -2.59. The Bertz CT molecular complexity index is 372. The Balaban J connectivity index is 1.87. The molecule has 4 heteroatoms. The van der Waals surface area contributed by atoms with Gasteiger partial charge in [0.2, 0.25) is 0 Å². The molecule has 1 saturated heterocycles. The zero-order valence-electron chi connectivity index (χ0n) is 14.7. The average Bonchev–Trinajstić information content (AvgIpc) is 2.44. The Morgan fingerprint density at radius 2 is 1.91 bits per heavy atom. The zero-order chi connectivity index (χ0) is 16.2. The zero-order valence-corrected chi connectivity index (χ0v) is 14.7. The molecule has 2 rings (SSSR count). The van der Waals surface area contributed by atoms with Gasteiger partial charge in [-0.15, -0.1) is 0 Å². The van der Waals surface area contributed by atoms with Gasteiger partial charge >= 0.3 is 0 Å². The van der Waals surface area contributed by atoms with Gasteiger partial charge in [0, 0.05) is 26.2 Å². The smallest absolute Gasteiger partial charge is 0.255 e. The van der Waals surface area contributed by atoms with Crippen molar-refractivity contribution >= 4 is 5.91 Å². The number of hydrogen-bond donors (Lipinski definition) is 2. The fourth-order valence-corrected chi connectivity index (χ4v) is 3.73. The summed E-state index contributed by atoms with van der Waals surface area (Å²) in [6.45, 7) is 9.32. The maximum absolute atomic E-state index is 12.7. The number of hydrogen-bond acceptors (Lipinski definition) is 3. The third kappa shape index (κ3) is 4.95. The van der Waals surface area contributed by atoms with Gasteiger partial charge in [-0.25, -0.2) is 0 Å². The second-order valence-electron chi connectivity index (χ2n) is 8.55. The maximum Gasteiger partial charge on any atom is 0.255 e. The van der Waals surface area contributed by atoms with Gasteiger partial charge in [0.15, 0.2) is 5.60 Å². The summed E-state index contributed by atoms with van der Waals surface area (Å²) >= 11 is 0. The molecule has 0 unspecified atom stereocenters. The summed E-state index contributed by atoms with van der Waals surface area (Å²) in [4.78, 5) is 14.6. The number of piperidine rings is 1. The highest BCUT2D eigenvalue weighted by molar-refractivity contribution is 5.86. The summed E-state index contributed by atoms with van der Waals surface area (Å²) < 4.78 is 0. The monoisotopic (exact) mass is 310 g/mol. The van der Waals surface area contributed by atoms with E-state index in [2.05, 4.69) is 26.1 Å². The predicted octanol–water partition coefficient (Wildman–Crippen LogP) is 2.56. The van der Waals surface area contributed by atoms with Crippen molar-refractivity contribution < 1.29 is 9.90 Å². The summed E-state index contributed by atoms with van der Waals surface area (Å²) in [5.41, 5.74) is -1.03. The third-order valence-corrected chi connectivity index (χ3v) is 4.98. The maximum atomic E-state index is 12.7. The summed E-state index contributed by atoms with van der Waals surface area (Å²) in [5, 5.41) is 14.1. The van der Waals surface area contributed by atoms with E-state index in [1.165, 1.54) is 32.1 Å². The summed E-state index contributed by atoms with van der Waals surface area (Å²) in [5.74, 6) is 0.591. The van der Waals surface area contributed by atoms with Crippen LogP contribution in [0.1, 0.15) is 65.7 Å². The summed E-state index contributed by atoms with van der Waals surface area (Å²) in [7, 11) is 0. The molecule has 1 saturated carbocycles. The molecule has 1 heterocycles. The molecule has 1 atom stereocenters. The molecule has 2 N–H and O–H groups in total. The summed E-state index contributed by atoms with van der Waals surface area (Å²) in [6, 6.07) is 0. The van der Waals surface area contributed by atoms with E-state index in [0.29, 0.717) is 18.9 Å². The third-order valence-electron chi connectivity index (χ3n) is 4.98. The molecule has 128 valence electrons. The van der Waals surface area contributed by atoms with E-state index >= 15 is 0 Å². The lowest BCUT2D eigenvalue weighted by molar-refractivity contribution is -0.157. The van der Waals surface area contributed by atoms with Gasteiger partial charge in [-0.05, 0) is 37.0 Å². The molecule has 4 nitrogen and oxygen atoms in total. The number of carbonyl (C=O) groups excluding carboxylic acids is 1.